The van der Waals surface area contributed by atoms with Gasteiger partial charge >= 0.3 is 0 Å². The zero-order valence-corrected chi connectivity index (χ0v) is 41.4. The molecule has 0 aliphatic heterocycles. The maximum Gasteiger partial charge on any atom is 0.282 e. The number of rotatable bonds is 14. The van der Waals surface area contributed by atoms with Crippen LogP contribution in [0.5, 0.6) is 0 Å². The van der Waals surface area contributed by atoms with Gasteiger partial charge in [0.1, 0.15) is 35.6 Å². The normalized spacial score (nSPS) is 13.8. The van der Waals surface area contributed by atoms with Crippen molar-refractivity contribution in [2.45, 2.75) is 73.8 Å². The summed E-state index contributed by atoms with van der Waals surface area (Å²) in [5.41, 5.74) is 12.2. The zero-order chi connectivity index (χ0) is 51.0. The lowest BCUT2D eigenvalue weighted by Crippen LogP contribution is -2.25. The third kappa shape index (κ3) is 11.2. The number of nitrogens with one attached hydrogen (secondary N) is 1. The largest absolute Gasteiger partial charge is 0.326 e. The van der Waals surface area contributed by atoms with E-state index in [0.717, 1.165) is 17.0 Å². The Bertz CT molecular complexity index is 3840. The number of aromatic nitrogens is 18. The first-order chi connectivity index (χ1) is 35.1. The molecular weight excluding hydrogens is 1060 g/mol. The molecule has 24 nitrogen and oxygen atoms in total. The molecule has 12 rings (SSSR count). The smallest absolute Gasteiger partial charge is 0.282 e. The fourth-order valence-electron chi connectivity index (χ4n) is 7.62. The molecule has 2 aliphatic carbocycles. The van der Waals surface area contributed by atoms with Crippen molar-refractivity contribution in [2.75, 3.05) is 0 Å². The number of hydrogen-bond donors (Lipinski definition) is 2. The van der Waals surface area contributed by atoms with Crippen LogP contribution in [0.25, 0.3) is 22.7 Å². The van der Waals surface area contributed by atoms with Crippen molar-refractivity contribution in [3.8, 4) is 11.4 Å². The molecular formula is C42H37Cl3F2N20O4S2. The van der Waals surface area contributed by atoms with Crippen molar-refractivity contribution in [3.05, 3.63) is 154 Å². The minimum Gasteiger partial charge on any atom is -0.326 e. The van der Waals surface area contributed by atoms with Crippen molar-refractivity contribution in [1.82, 2.24) is 93.9 Å². The van der Waals surface area contributed by atoms with Crippen LogP contribution in [0.15, 0.2) is 108 Å². The van der Waals surface area contributed by atoms with Crippen molar-refractivity contribution in [2.24, 2.45) is 5.73 Å². The van der Waals surface area contributed by atoms with Crippen LogP contribution in [-0.4, -0.2) is 106 Å². The monoisotopic (exact) mass is 1090 g/mol. The highest BCUT2D eigenvalue weighted by atomic mass is 35.7. The number of nitrogens with two attached hydrogens (primary N) is 1. The summed E-state index contributed by atoms with van der Waals surface area (Å²) >= 11 is 11.5. The Labute approximate surface area is 426 Å². The molecule has 10 aromatic rings. The first-order valence-electron chi connectivity index (χ1n) is 21.9. The number of benzene rings is 2. The van der Waals surface area contributed by atoms with Gasteiger partial charge in [-0.1, -0.05) is 45.8 Å². The van der Waals surface area contributed by atoms with Crippen LogP contribution in [0.2, 0.25) is 10.0 Å². The molecule has 0 bridgehead atoms. The Kier molecular flexibility index (Phi) is 13.8. The SMILES string of the molecule is NCc1c(-n2cnnn2)ccc(Cl)c1F.O=S(=O)(Cl)c1cn(Cc2cn3cc(C4CC4)ccc3n2)nn1.O=S(=O)(NCc1c(-n2cnnn2)ccc(Cl)c1F)c1cn(Cc2cn3cc(C4CC4)ccc3n2)nn1. The summed E-state index contributed by atoms with van der Waals surface area (Å²) in [6.45, 7) is 0.184. The summed E-state index contributed by atoms with van der Waals surface area (Å²) in [6.07, 6.45) is 18.1. The lowest BCUT2D eigenvalue weighted by atomic mass is 10.1. The van der Waals surface area contributed by atoms with Crippen LogP contribution in [0, 0.1) is 11.6 Å². The minimum absolute atomic E-state index is 0.0268. The molecule has 0 saturated heterocycles. The second-order valence-corrected chi connectivity index (χ2v) is 21.7. The average Bonchev–Trinajstić information content (AvgIpc) is 3.83. The molecule has 2 aromatic carbocycles. The summed E-state index contributed by atoms with van der Waals surface area (Å²) in [5, 5.41) is 35.7. The van der Waals surface area contributed by atoms with Gasteiger partial charge in [0, 0.05) is 59.7 Å². The molecule has 31 heteroatoms. The molecule has 0 spiro atoms. The highest BCUT2D eigenvalue weighted by molar-refractivity contribution is 8.13. The number of nitrogens with zero attached hydrogens (tertiary/aromatic N) is 18. The number of hydrogen-bond acceptors (Lipinski definition) is 17. The van der Waals surface area contributed by atoms with Gasteiger partial charge in [0.2, 0.25) is 10.1 Å². The number of pyridine rings is 2. The summed E-state index contributed by atoms with van der Waals surface area (Å²) in [5.74, 6) is -0.0119. The molecule has 0 amide bonds. The lowest BCUT2D eigenvalue weighted by molar-refractivity contribution is 0.569. The molecule has 8 aromatic heterocycles. The molecule has 3 N–H and O–H groups in total. The summed E-state index contributed by atoms with van der Waals surface area (Å²) in [6, 6.07) is 14.0. The van der Waals surface area contributed by atoms with Gasteiger partial charge in [-0.15, -0.1) is 20.4 Å². The third-order valence-electron chi connectivity index (χ3n) is 11.5. The van der Waals surface area contributed by atoms with Crippen LogP contribution >= 0.6 is 33.9 Å². The van der Waals surface area contributed by atoms with Crippen LogP contribution in [0.3, 0.4) is 0 Å². The number of halogens is 5. The van der Waals surface area contributed by atoms with Gasteiger partial charge in [-0.3, -0.25) is 0 Å². The number of imidazole rings is 2. The van der Waals surface area contributed by atoms with Gasteiger partial charge < -0.3 is 14.5 Å². The van der Waals surface area contributed by atoms with Gasteiger partial charge in [-0.25, -0.2) is 59.0 Å². The highest BCUT2D eigenvalue weighted by Gasteiger charge is 2.26. The second-order valence-electron chi connectivity index (χ2n) is 16.7. The van der Waals surface area contributed by atoms with Gasteiger partial charge in [0.05, 0.1) is 58.3 Å². The molecule has 8 heterocycles. The van der Waals surface area contributed by atoms with Gasteiger partial charge in [0.15, 0.2) is 0 Å². The maximum atomic E-state index is 14.7. The van der Waals surface area contributed by atoms with E-state index in [1.807, 2.05) is 33.3 Å². The van der Waals surface area contributed by atoms with Gasteiger partial charge in [-0.2, -0.15) is 0 Å². The highest BCUT2D eigenvalue weighted by Crippen LogP contribution is 2.40. The third-order valence-corrected chi connectivity index (χ3v) is 14.5. The maximum absolute atomic E-state index is 14.7. The molecule has 2 fully saturated rings. The zero-order valence-electron chi connectivity index (χ0n) is 37.5. The van der Waals surface area contributed by atoms with Crippen molar-refractivity contribution in [1.29, 1.82) is 0 Å². The fraction of sp³-hybridized carbons (Fsp3) is 0.238. The van der Waals surface area contributed by atoms with Crippen molar-refractivity contribution < 1.29 is 25.6 Å². The van der Waals surface area contributed by atoms with E-state index in [2.05, 4.69) is 90.9 Å². The molecule has 0 atom stereocenters. The Balaban J connectivity index is 0.000000140. The van der Waals surface area contributed by atoms with E-state index >= 15 is 0 Å². The molecule has 73 heavy (non-hydrogen) atoms. The standard InChI is InChI=1S/C21H18ClFN10O2S.C13H12ClN5O2S.C8H7ClFN5/c22-17-4-5-18(33-12-24-28-30-33)16(21(17)23)7-25-36(34,35)20-11-32(29-27-20)10-15-9-31-8-14(13-1-2-13)3-6-19(31)26-15;14-22(20,21)13-8-19(17-16-13)7-11-6-18-5-10(9-1-2-9)3-4-12(18)15-11;9-6-1-2-7(5(3-11)8(6)10)15-4-12-13-14-15/h3-6,8-9,11-13,25H,1-2,7,10H2;3-6,8-9H,1-2,7H2;1-2,4H,3,11H2. The number of tetrazole rings is 2. The van der Waals surface area contributed by atoms with Crippen LogP contribution in [-0.2, 0) is 45.3 Å². The molecule has 0 radical (unpaired) electrons. The molecule has 0 unspecified atom stereocenters. The van der Waals surface area contributed by atoms with E-state index in [0.29, 0.717) is 29.8 Å². The topological polar surface area (TPSA) is 290 Å². The van der Waals surface area contributed by atoms with Crippen LogP contribution in [0.1, 0.15) is 71.2 Å². The lowest BCUT2D eigenvalue weighted by Gasteiger charge is -2.11. The van der Waals surface area contributed by atoms with E-state index < -0.39 is 37.3 Å². The first kappa shape index (κ1) is 49.4. The van der Waals surface area contributed by atoms with Gasteiger partial charge in [-0.05, 0) is 106 Å². The van der Waals surface area contributed by atoms with Crippen LogP contribution in [0.4, 0.5) is 8.78 Å². The average molecular weight is 1090 g/mol. The number of fused-ring (bicyclic) bond motifs is 2. The van der Waals surface area contributed by atoms with Crippen LogP contribution < -0.4 is 10.5 Å². The predicted molar refractivity (Wildman–Crippen MR) is 256 cm³/mol. The van der Waals surface area contributed by atoms with Crippen molar-refractivity contribution >= 4 is 64.3 Å². The fourth-order valence-corrected chi connectivity index (χ4v) is 9.45. The Hall–Kier alpha value is -7.21. The summed E-state index contributed by atoms with van der Waals surface area (Å²) in [4.78, 5) is 9.06. The Morgan fingerprint density at radius 2 is 1.10 bits per heavy atom. The molecule has 376 valence electrons. The van der Waals surface area contributed by atoms with Gasteiger partial charge in [0.25, 0.3) is 19.1 Å². The van der Waals surface area contributed by atoms with E-state index in [9.17, 15) is 25.6 Å². The molecule has 2 saturated carbocycles. The molecule has 2 aliphatic rings. The van der Waals surface area contributed by atoms with E-state index in [-0.39, 0.29) is 50.0 Å². The van der Waals surface area contributed by atoms with E-state index in [1.165, 1.54) is 98.8 Å². The quantitative estimate of drug-likeness (QED) is 0.138. The van der Waals surface area contributed by atoms with E-state index in [4.69, 9.17) is 39.6 Å². The minimum atomic E-state index is -4.12. The first-order valence-corrected chi connectivity index (χ1v) is 26.4. The second kappa shape index (κ2) is 20.4. The Morgan fingerprint density at radius 3 is 1.55 bits per heavy atom. The number of sulfonamides is 1. The van der Waals surface area contributed by atoms with Crippen molar-refractivity contribution in [3.63, 3.8) is 0 Å². The van der Waals surface area contributed by atoms with E-state index in [1.54, 1.807) is 6.07 Å². The summed E-state index contributed by atoms with van der Waals surface area (Å²) in [7, 11) is -2.74. The summed E-state index contributed by atoms with van der Waals surface area (Å²) < 4.78 is 88.0. The Morgan fingerprint density at radius 1 is 0.616 bits per heavy atom. The predicted octanol–water partition coefficient (Wildman–Crippen LogP) is 4.79.